The van der Waals surface area contributed by atoms with Crippen molar-refractivity contribution in [3.8, 4) is 0 Å². The van der Waals surface area contributed by atoms with Crippen molar-refractivity contribution in [2.45, 2.75) is 19.1 Å². The van der Waals surface area contributed by atoms with Crippen molar-refractivity contribution < 1.29 is 9.47 Å². The van der Waals surface area contributed by atoms with Crippen LogP contribution in [0.2, 0.25) is 0 Å². The van der Waals surface area contributed by atoms with Crippen LogP contribution in [0, 0.1) is 0 Å². The van der Waals surface area contributed by atoms with Gasteiger partial charge in [-0.3, -0.25) is 9.89 Å². The molecule has 0 saturated carbocycles. The maximum absolute atomic E-state index is 6.19. The van der Waals surface area contributed by atoms with Gasteiger partial charge in [-0.15, -0.1) is 11.3 Å². The Labute approximate surface area is 141 Å². The molecule has 1 aromatic rings. The van der Waals surface area contributed by atoms with Crippen molar-refractivity contribution in [2.24, 2.45) is 10.7 Å². The Hall–Kier alpha value is -1.15. The van der Waals surface area contributed by atoms with Crippen molar-refractivity contribution in [3.05, 3.63) is 22.4 Å². The summed E-state index contributed by atoms with van der Waals surface area (Å²) in [6, 6.07) is 4.57. The second kappa shape index (κ2) is 8.10. The first-order valence-electron chi connectivity index (χ1n) is 8.25. The van der Waals surface area contributed by atoms with Crippen molar-refractivity contribution in [1.82, 2.24) is 9.80 Å². The predicted octanol–water partition coefficient (Wildman–Crippen LogP) is 1.16. The van der Waals surface area contributed by atoms with E-state index >= 15 is 0 Å². The number of hydrogen-bond donors (Lipinski definition) is 1. The Morgan fingerprint density at radius 2 is 2.22 bits per heavy atom. The minimum atomic E-state index is 0.270. The summed E-state index contributed by atoms with van der Waals surface area (Å²) < 4.78 is 11.0. The Bertz CT molecular complexity index is 502. The zero-order valence-corrected chi connectivity index (χ0v) is 14.5. The quantitative estimate of drug-likeness (QED) is 0.659. The normalized spacial score (nSPS) is 25.5. The van der Waals surface area contributed by atoms with Crippen LogP contribution in [0.3, 0.4) is 0 Å². The third-order valence-corrected chi connectivity index (χ3v) is 5.32. The van der Waals surface area contributed by atoms with E-state index in [9.17, 15) is 0 Å². The van der Waals surface area contributed by atoms with Crippen LogP contribution >= 0.6 is 11.3 Å². The van der Waals surface area contributed by atoms with Gasteiger partial charge in [0.25, 0.3) is 0 Å². The van der Waals surface area contributed by atoms with Crippen molar-refractivity contribution >= 4 is 17.3 Å². The lowest BCUT2D eigenvalue weighted by Gasteiger charge is -2.36. The van der Waals surface area contributed by atoms with Crippen LogP contribution in [-0.2, 0) is 9.47 Å². The minimum Gasteiger partial charge on any atom is -0.378 e. The summed E-state index contributed by atoms with van der Waals surface area (Å²) in [4.78, 5) is 10.6. The first-order chi connectivity index (χ1) is 11.2. The lowest BCUT2D eigenvalue weighted by molar-refractivity contribution is -0.0327. The number of nitrogens with zero attached hydrogens (tertiary/aromatic N) is 3. The number of hydrogen-bond acceptors (Lipinski definition) is 5. The van der Waals surface area contributed by atoms with E-state index in [2.05, 4.69) is 34.2 Å². The number of rotatable bonds is 4. The number of aliphatic imine (C=N–C) groups is 1. The van der Waals surface area contributed by atoms with Crippen LogP contribution in [0.25, 0.3) is 0 Å². The molecule has 2 atom stereocenters. The molecular formula is C16H26N4O2S. The SMILES string of the molecule is C[C@@H]1CN([C@@H](CN=C(N)N2CCOCC2)c2cccs2)CCO1. The average Bonchev–Trinajstić information content (AvgIpc) is 3.10. The summed E-state index contributed by atoms with van der Waals surface area (Å²) in [7, 11) is 0. The van der Waals surface area contributed by atoms with Gasteiger partial charge in [-0.25, -0.2) is 0 Å². The zero-order chi connectivity index (χ0) is 16.1. The minimum absolute atomic E-state index is 0.270. The van der Waals surface area contributed by atoms with Crippen molar-refractivity contribution in [3.63, 3.8) is 0 Å². The van der Waals surface area contributed by atoms with Crippen molar-refractivity contribution in [1.29, 1.82) is 0 Å². The first kappa shape index (κ1) is 16.7. The highest BCUT2D eigenvalue weighted by Crippen LogP contribution is 2.27. The van der Waals surface area contributed by atoms with E-state index < -0.39 is 0 Å². The molecule has 2 fully saturated rings. The molecule has 0 bridgehead atoms. The molecule has 0 unspecified atom stereocenters. The second-order valence-electron chi connectivity index (χ2n) is 6.01. The maximum Gasteiger partial charge on any atom is 0.191 e. The number of thiophene rings is 1. The van der Waals surface area contributed by atoms with Gasteiger partial charge in [0.1, 0.15) is 0 Å². The van der Waals surface area contributed by atoms with Crippen LogP contribution in [0.1, 0.15) is 17.8 Å². The highest BCUT2D eigenvalue weighted by Gasteiger charge is 2.26. The van der Waals surface area contributed by atoms with Crippen LogP contribution in [-0.4, -0.2) is 74.4 Å². The second-order valence-corrected chi connectivity index (χ2v) is 6.99. The molecule has 0 aromatic carbocycles. The molecule has 2 aliphatic heterocycles. The highest BCUT2D eigenvalue weighted by molar-refractivity contribution is 7.10. The van der Waals surface area contributed by atoms with Crippen LogP contribution in [0.15, 0.2) is 22.5 Å². The van der Waals surface area contributed by atoms with Gasteiger partial charge in [0.2, 0.25) is 0 Å². The van der Waals surface area contributed by atoms with Crippen molar-refractivity contribution in [2.75, 3.05) is 52.5 Å². The summed E-state index contributed by atoms with van der Waals surface area (Å²) in [5.41, 5.74) is 6.19. The summed E-state index contributed by atoms with van der Waals surface area (Å²) in [5.74, 6) is 0.635. The highest BCUT2D eigenvalue weighted by atomic mass is 32.1. The molecule has 6 nitrogen and oxygen atoms in total. The zero-order valence-electron chi connectivity index (χ0n) is 13.7. The molecular weight excluding hydrogens is 312 g/mol. The maximum atomic E-state index is 6.19. The number of morpholine rings is 2. The summed E-state index contributed by atoms with van der Waals surface area (Å²) in [6.07, 6.45) is 0.270. The molecule has 1 aromatic heterocycles. The van der Waals surface area contributed by atoms with Gasteiger partial charge < -0.3 is 20.1 Å². The molecule has 0 spiro atoms. The Balaban J connectivity index is 1.68. The Morgan fingerprint density at radius 3 is 2.91 bits per heavy atom. The molecule has 0 amide bonds. The van der Waals surface area contributed by atoms with Gasteiger partial charge >= 0.3 is 0 Å². The third kappa shape index (κ3) is 4.44. The van der Waals surface area contributed by atoms with E-state index in [0.29, 0.717) is 12.5 Å². The summed E-state index contributed by atoms with van der Waals surface area (Å²) in [6.45, 7) is 8.60. The van der Waals surface area contributed by atoms with E-state index in [4.69, 9.17) is 20.2 Å². The number of ether oxygens (including phenoxy) is 2. The van der Waals surface area contributed by atoms with Crippen LogP contribution < -0.4 is 5.73 Å². The standard InChI is InChI=1S/C16H26N4O2S/c1-13-12-20(6-9-22-13)14(15-3-2-10-23-15)11-18-16(17)19-4-7-21-8-5-19/h2-3,10,13-14H,4-9,11-12H2,1H3,(H2,17,18)/t13-,14+/m1/s1. The Morgan fingerprint density at radius 1 is 1.39 bits per heavy atom. The number of nitrogens with two attached hydrogens (primary N) is 1. The Kier molecular flexibility index (Phi) is 5.88. The molecule has 3 heterocycles. The number of guanidine groups is 1. The first-order valence-corrected chi connectivity index (χ1v) is 9.13. The molecule has 2 saturated heterocycles. The van der Waals surface area contributed by atoms with Gasteiger partial charge in [0.15, 0.2) is 5.96 Å². The van der Waals surface area contributed by atoms with Gasteiger partial charge in [0, 0.05) is 31.1 Å². The topological polar surface area (TPSA) is 63.3 Å². The fourth-order valence-corrected chi connectivity index (χ4v) is 3.92. The van der Waals surface area contributed by atoms with Crippen LogP contribution in [0.4, 0.5) is 0 Å². The van der Waals surface area contributed by atoms with E-state index in [1.807, 2.05) is 0 Å². The molecule has 2 aliphatic rings. The third-order valence-electron chi connectivity index (χ3n) is 4.35. The fraction of sp³-hybridized carbons (Fsp3) is 0.688. The smallest absolute Gasteiger partial charge is 0.191 e. The van der Waals surface area contributed by atoms with Gasteiger partial charge in [-0.05, 0) is 18.4 Å². The lowest BCUT2D eigenvalue weighted by atomic mass is 10.1. The molecule has 128 valence electrons. The summed E-state index contributed by atoms with van der Waals surface area (Å²) >= 11 is 1.79. The van der Waals surface area contributed by atoms with Crippen LogP contribution in [0.5, 0.6) is 0 Å². The fourth-order valence-electron chi connectivity index (χ4n) is 3.07. The molecule has 7 heteroatoms. The van der Waals surface area contributed by atoms with Gasteiger partial charge in [0.05, 0.1) is 38.5 Å². The molecule has 0 radical (unpaired) electrons. The monoisotopic (exact) mass is 338 g/mol. The molecule has 3 rings (SSSR count). The van der Waals surface area contributed by atoms with E-state index in [0.717, 1.165) is 46.0 Å². The van der Waals surface area contributed by atoms with Gasteiger partial charge in [-0.1, -0.05) is 6.07 Å². The molecule has 2 N–H and O–H groups in total. The lowest BCUT2D eigenvalue weighted by Crippen LogP contribution is -2.46. The van der Waals surface area contributed by atoms with Gasteiger partial charge in [-0.2, -0.15) is 0 Å². The van der Waals surface area contributed by atoms with E-state index in [1.54, 1.807) is 11.3 Å². The van der Waals surface area contributed by atoms with E-state index in [-0.39, 0.29) is 12.1 Å². The van der Waals surface area contributed by atoms with E-state index in [1.165, 1.54) is 4.88 Å². The molecule has 23 heavy (non-hydrogen) atoms. The summed E-state index contributed by atoms with van der Waals surface area (Å²) in [5, 5.41) is 2.13. The largest absolute Gasteiger partial charge is 0.378 e. The average molecular weight is 338 g/mol. The predicted molar refractivity (Wildman–Crippen MR) is 92.9 cm³/mol. The molecule has 0 aliphatic carbocycles.